The SMILES string of the molecule is c1ccc(-c2nc(-c3ccccc3)nc(-c3ccc(-c4cccc(-n5c(-c6ccccn6)nc6ccccc65)c4)cc3)n2)cc1. The van der Waals surface area contributed by atoms with Gasteiger partial charge in [-0.2, -0.15) is 0 Å². The van der Waals surface area contributed by atoms with E-state index >= 15 is 0 Å². The van der Waals surface area contributed by atoms with Gasteiger partial charge < -0.3 is 0 Å². The van der Waals surface area contributed by atoms with E-state index in [1.165, 1.54) is 0 Å². The van der Waals surface area contributed by atoms with Gasteiger partial charge in [0, 0.05) is 28.6 Å². The molecule has 6 heteroatoms. The molecule has 5 aromatic carbocycles. The maximum atomic E-state index is 4.95. The van der Waals surface area contributed by atoms with Crippen molar-refractivity contribution in [2.24, 2.45) is 0 Å². The standard InChI is InChI=1S/C39H26N6/c1-3-12-28(13-4-1)36-42-37(29-14-5-2-6-15-29)44-38(43-36)30-23-21-27(22-24-30)31-16-11-17-32(26-31)45-35-20-8-7-18-33(35)41-39(45)34-19-9-10-25-40-34/h1-26H. The summed E-state index contributed by atoms with van der Waals surface area (Å²) in [6.07, 6.45) is 1.80. The maximum Gasteiger partial charge on any atom is 0.164 e. The van der Waals surface area contributed by atoms with Gasteiger partial charge in [-0.25, -0.2) is 19.9 Å². The van der Waals surface area contributed by atoms with E-state index in [1.54, 1.807) is 6.20 Å². The Morgan fingerprint density at radius 2 is 0.956 bits per heavy atom. The summed E-state index contributed by atoms with van der Waals surface area (Å²) >= 11 is 0. The number of rotatable bonds is 6. The van der Waals surface area contributed by atoms with Crippen LogP contribution in [0.2, 0.25) is 0 Å². The molecule has 0 N–H and O–H groups in total. The van der Waals surface area contributed by atoms with E-state index in [0.717, 1.165) is 56.1 Å². The second kappa shape index (κ2) is 11.4. The summed E-state index contributed by atoms with van der Waals surface area (Å²) in [5.41, 5.74) is 8.80. The Morgan fingerprint density at radius 1 is 0.400 bits per heavy atom. The molecule has 8 rings (SSSR count). The summed E-state index contributed by atoms with van der Waals surface area (Å²) < 4.78 is 2.18. The molecule has 0 amide bonds. The third-order valence-electron chi connectivity index (χ3n) is 7.73. The third-order valence-corrected chi connectivity index (χ3v) is 7.73. The fraction of sp³-hybridized carbons (Fsp3) is 0. The number of fused-ring (bicyclic) bond motifs is 1. The van der Waals surface area contributed by atoms with Crippen molar-refractivity contribution in [3.8, 4) is 62.5 Å². The van der Waals surface area contributed by atoms with Crippen molar-refractivity contribution in [1.29, 1.82) is 0 Å². The normalized spacial score (nSPS) is 11.1. The predicted molar refractivity (Wildman–Crippen MR) is 179 cm³/mol. The molecule has 0 aliphatic rings. The van der Waals surface area contributed by atoms with Crippen LogP contribution in [0.3, 0.4) is 0 Å². The smallest absolute Gasteiger partial charge is 0.164 e. The quantitative estimate of drug-likeness (QED) is 0.197. The summed E-state index contributed by atoms with van der Waals surface area (Å²) in [4.78, 5) is 24.1. The van der Waals surface area contributed by atoms with Gasteiger partial charge in [-0.05, 0) is 47.5 Å². The van der Waals surface area contributed by atoms with Crippen molar-refractivity contribution in [1.82, 2.24) is 29.5 Å². The van der Waals surface area contributed by atoms with Crippen molar-refractivity contribution in [3.05, 3.63) is 158 Å². The average molecular weight is 579 g/mol. The number of benzene rings is 5. The first-order valence-corrected chi connectivity index (χ1v) is 14.8. The van der Waals surface area contributed by atoms with Crippen LogP contribution >= 0.6 is 0 Å². The minimum atomic E-state index is 0.632. The molecule has 0 aliphatic carbocycles. The van der Waals surface area contributed by atoms with Gasteiger partial charge in [0.1, 0.15) is 5.69 Å². The van der Waals surface area contributed by atoms with Crippen molar-refractivity contribution in [2.45, 2.75) is 0 Å². The third kappa shape index (κ3) is 5.15. The molecule has 0 radical (unpaired) electrons. The molecule has 0 unspecified atom stereocenters. The average Bonchev–Trinajstić information content (AvgIpc) is 3.53. The summed E-state index contributed by atoms with van der Waals surface area (Å²) in [5.74, 6) is 2.73. The van der Waals surface area contributed by atoms with Gasteiger partial charge in [0.15, 0.2) is 23.3 Å². The molecule has 8 aromatic rings. The Labute approximate surface area is 260 Å². The maximum absolute atomic E-state index is 4.95. The van der Waals surface area contributed by atoms with Crippen LogP contribution in [-0.2, 0) is 0 Å². The highest BCUT2D eigenvalue weighted by atomic mass is 15.1. The van der Waals surface area contributed by atoms with Gasteiger partial charge in [0.05, 0.1) is 11.0 Å². The zero-order valence-corrected chi connectivity index (χ0v) is 24.2. The topological polar surface area (TPSA) is 69.4 Å². The van der Waals surface area contributed by atoms with E-state index in [-0.39, 0.29) is 0 Å². The van der Waals surface area contributed by atoms with Crippen LogP contribution in [0.15, 0.2) is 158 Å². The second-order valence-electron chi connectivity index (χ2n) is 10.6. The van der Waals surface area contributed by atoms with Gasteiger partial charge in [0.25, 0.3) is 0 Å². The van der Waals surface area contributed by atoms with Crippen molar-refractivity contribution >= 4 is 11.0 Å². The molecule has 3 heterocycles. The first-order chi connectivity index (χ1) is 22.3. The molecule has 0 spiro atoms. The van der Waals surface area contributed by atoms with Crippen LogP contribution in [0, 0.1) is 0 Å². The predicted octanol–water partition coefficient (Wildman–Crippen LogP) is 8.94. The van der Waals surface area contributed by atoms with Crippen LogP contribution in [-0.4, -0.2) is 29.5 Å². The lowest BCUT2D eigenvalue weighted by atomic mass is 10.0. The molecular weight excluding hydrogens is 552 g/mol. The van der Waals surface area contributed by atoms with E-state index in [2.05, 4.69) is 64.1 Å². The van der Waals surface area contributed by atoms with Crippen molar-refractivity contribution in [2.75, 3.05) is 0 Å². The monoisotopic (exact) mass is 578 g/mol. The number of imidazole rings is 1. The fourth-order valence-electron chi connectivity index (χ4n) is 5.53. The van der Waals surface area contributed by atoms with Crippen molar-refractivity contribution < 1.29 is 0 Å². The number of aromatic nitrogens is 6. The Morgan fingerprint density at radius 3 is 1.60 bits per heavy atom. The number of hydrogen-bond acceptors (Lipinski definition) is 5. The minimum Gasteiger partial charge on any atom is -0.291 e. The van der Waals surface area contributed by atoms with Crippen LogP contribution in [0.25, 0.3) is 73.5 Å². The largest absolute Gasteiger partial charge is 0.291 e. The van der Waals surface area contributed by atoms with Gasteiger partial charge in [-0.1, -0.05) is 115 Å². The summed E-state index contributed by atoms with van der Waals surface area (Å²) in [6.45, 7) is 0. The van der Waals surface area contributed by atoms with Gasteiger partial charge in [-0.15, -0.1) is 0 Å². The van der Waals surface area contributed by atoms with E-state index in [9.17, 15) is 0 Å². The van der Waals surface area contributed by atoms with E-state index in [4.69, 9.17) is 19.9 Å². The van der Waals surface area contributed by atoms with Crippen LogP contribution in [0.5, 0.6) is 0 Å². The molecule has 3 aromatic heterocycles. The van der Waals surface area contributed by atoms with Gasteiger partial charge >= 0.3 is 0 Å². The molecule has 45 heavy (non-hydrogen) atoms. The summed E-state index contributed by atoms with van der Waals surface area (Å²) in [5, 5.41) is 0. The van der Waals surface area contributed by atoms with Crippen molar-refractivity contribution in [3.63, 3.8) is 0 Å². The zero-order valence-electron chi connectivity index (χ0n) is 24.2. The Balaban J connectivity index is 1.18. The minimum absolute atomic E-state index is 0.632. The van der Waals surface area contributed by atoms with Gasteiger partial charge in [0.2, 0.25) is 0 Å². The lowest BCUT2D eigenvalue weighted by molar-refractivity contribution is 1.07. The Kier molecular flexibility index (Phi) is 6.70. The lowest BCUT2D eigenvalue weighted by Crippen LogP contribution is -2.00. The second-order valence-corrected chi connectivity index (χ2v) is 10.6. The number of pyridine rings is 1. The molecule has 0 saturated heterocycles. The van der Waals surface area contributed by atoms with Crippen LogP contribution < -0.4 is 0 Å². The zero-order chi connectivity index (χ0) is 30.0. The molecular formula is C39H26N6. The first-order valence-electron chi connectivity index (χ1n) is 14.8. The number of hydrogen-bond donors (Lipinski definition) is 0. The summed E-state index contributed by atoms with van der Waals surface area (Å²) in [7, 11) is 0. The Bertz CT molecular complexity index is 2190. The van der Waals surface area contributed by atoms with E-state index in [0.29, 0.717) is 17.5 Å². The molecule has 0 atom stereocenters. The molecule has 0 bridgehead atoms. The molecule has 0 fully saturated rings. The van der Waals surface area contributed by atoms with Crippen LogP contribution in [0.1, 0.15) is 0 Å². The van der Waals surface area contributed by atoms with E-state index in [1.807, 2.05) is 97.1 Å². The van der Waals surface area contributed by atoms with E-state index < -0.39 is 0 Å². The summed E-state index contributed by atoms with van der Waals surface area (Å²) in [6, 6.07) is 51.0. The van der Waals surface area contributed by atoms with Gasteiger partial charge in [-0.3, -0.25) is 9.55 Å². The highest BCUT2D eigenvalue weighted by Gasteiger charge is 2.16. The molecule has 6 nitrogen and oxygen atoms in total. The molecule has 0 saturated carbocycles. The highest BCUT2D eigenvalue weighted by molar-refractivity contribution is 5.83. The van der Waals surface area contributed by atoms with Crippen LogP contribution in [0.4, 0.5) is 0 Å². The number of para-hydroxylation sites is 2. The first kappa shape index (κ1) is 26.4. The molecule has 0 aliphatic heterocycles. The Hall–Kier alpha value is -6.27. The fourth-order valence-corrected chi connectivity index (χ4v) is 5.53. The highest BCUT2D eigenvalue weighted by Crippen LogP contribution is 2.31. The number of nitrogens with zero attached hydrogens (tertiary/aromatic N) is 6. The molecule has 212 valence electrons. The lowest BCUT2D eigenvalue weighted by Gasteiger charge is -2.12.